The van der Waals surface area contributed by atoms with Crippen molar-refractivity contribution in [3.05, 3.63) is 56.4 Å². The second kappa shape index (κ2) is 5.76. The Morgan fingerprint density at radius 2 is 2.24 bits per heavy atom. The van der Waals surface area contributed by atoms with E-state index in [0.29, 0.717) is 17.1 Å². The molecule has 0 spiro atoms. The van der Waals surface area contributed by atoms with Crippen LogP contribution in [0.1, 0.15) is 23.4 Å². The Morgan fingerprint density at radius 3 is 2.88 bits per heavy atom. The molecule has 0 aliphatic rings. The van der Waals surface area contributed by atoms with Crippen LogP contribution >= 0.6 is 27.3 Å². The third-order valence-electron chi connectivity index (χ3n) is 2.57. The van der Waals surface area contributed by atoms with Crippen molar-refractivity contribution in [3.8, 4) is 0 Å². The molecule has 17 heavy (non-hydrogen) atoms. The van der Waals surface area contributed by atoms with E-state index in [1.807, 2.05) is 12.1 Å². The van der Waals surface area contributed by atoms with Crippen LogP contribution < -0.4 is 5.32 Å². The number of rotatable bonds is 4. The van der Waals surface area contributed by atoms with Gasteiger partial charge < -0.3 is 5.32 Å². The first-order chi connectivity index (χ1) is 8.16. The molecule has 1 N–H and O–H groups in total. The van der Waals surface area contributed by atoms with E-state index in [4.69, 9.17) is 0 Å². The van der Waals surface area contributed by atoms with Gasteiger partial charge in [0.15, 0.2) is 0 Å². The van der Waals surface area contributed by atoms with Crippen molar-refractivity contribution >= 4 is 27.3 Å². The van der Waals surface area contributed by atoms with Crippen LogP contribution in [0.3, 0.4) is 0 Å². The third kappa shape index (κ3) is 3.37. The molecule has 1 aromatic carbocycles. The first kappa shape index (κ1) is 12.7. The minimum atomic E-state index is -0.215. The van der Waals surface area contributed by atoms with Crippen molar-refractivity contribution in [1.29, 1.82) is 0 Å². The molecular formula is C13H13BrFNS. The molecule has 0 saturated carbocycles. The Hall–Kier alpha value is -0.710. The molecule has 90 valence electrons. The van der Waals surface area contributed by atoms with Crippen LogP contribution in [-0.4, -0.2) is 0 Å². The SMILES string of the molecule is CC(NCc1ccc(Br)c(F)c1)c1cccs1. The van der Waals surface area contributed by atoms with E-state index in [1.54, 1.807) is 23.5 Å². The van der Waals surface area contributed by atoms with Gasteiger partial charge in [-0.05, 0) is 52.0 Å². The summed E-state index contributed by atoms with van der Waals surface area (Å²) >= 11 is 4.87. The van der Waals surface area contributed by atoms with Crippen LogP contribution in [0.5, 0.6) is 0 Å². The first-order valence-electron chi connectivity index (χ1n) is 5.37. The quantitative estimate of drug-likeness (QED) is 0.876. The van der Waals surface area contributed by atoms with E-state index in [9.17, 15) is 4.39 Å². The number of hydrogen-bond acceptors (Lipinski definition) is 2. The summed E-state index contributed by atoms with van der Waals surface area (Å²) in [6.45, 7) is 2.78. The smallest absolute Gasteiger partial charge is 0.137 e. The molecule has 1 unspecified atom stereocenters. The summed E-state index contributed by atoms with van der Waals surface area (Å²) in [5, 5.41) is 5.44. The maximum atomic E-state index is 13.3. The van der Waals surface area contributed by atoms with Gasteiger partial charge in [0.05, 0.1) is 4.47 Å². The van der Waals surface area contributed by atoms with Gasteiger partial charge in [-0.2, -0.15) is 0 Å². The molecule has 0 saturated heterocycles. The minimum absolute atomic E-state index is 0.215. The van der Waals surface area contributed by atoms with Gasteiger partial charge in [0, 0.05) is 17.5 Å². The number of nitrogens with one attached hydrogen (secondary N) is 1. The van der Waals surface area contributed by atoms with E-state index in [1.165, 1.54) is 4.88 Å². The van der Waals surface area contributed by atoms with Gasteiger partial charge in [0.25, 0.3) is 0 Å². The van der Waals surface area contributed by atoms with E-state index in [-0.39, 0.29) is 5.82 Å². The average Bonchev–Trinajstić information content (AvgIpc) is 2.84. The highest BCUT2D eigenvalue weighted by atomic mass is 79.9. The monoisotopic (exact) mass is 313 g/mol. The Bertz CT molecular complexity index is 484. The van der Waals surface area contributed by atoms with Crippen LogP contribution in [0.15, 0.2) is 40.2 Å². The molecule has 0 bridgehead atoms. The zero-order valence-corrected chi connectivity index (χ0v) is 11.8. The summed E-state index contributed by atoms with van der Waals surface area (Å²) in [6.07, 6.45) is 0. The van der Waals surface area contributed by atoms with Gasteiger partial charge >= 0.3 is 0 Å². The summed E-state index contributed by atoms with van der Waals surface area (Å²) in [7, 11) is 0. The number of halogens is 2. The highest BCUT2D eigenvalue weighted by Gasteiger charge is 2.06. The predicted molar refractivity (Wildman–Crippen MR) is 73.7 cm³/mol. The van der Waals surface area contributed by atoms with Gasteiger partial charge in [-0.15, -0.1) is 11.3 Å². The molecule has 0 aliphatic carbocycles. The molecule has 0 amide bonds. The maximum Gasteiger partial charge on any atom is 0.137 e. The highest BCUT2D eigenvalue weighted by molar-refractivity contribution is 9.10. The fourth-order valence-electron chi connectivity index (χ4n) is 1.56. The Labute approximate surface area is 113 Å². The summed E-state index contributed by atoms with van der Waals surface area (Å²) in [4.78, 5) is 1.29. The maximum absolute atomic E-state index is 13.3. The van der Waals surface area contributed by atoms with Gasteiger partial charge in [-0.25, -0.2) is 4.39 Å². The standard InChI is InChI=1S/C13H13BrFNS/c1-9(13-3-2-6-17-13)16-8-10-4-5-11(14)12(15)7-10/h2-7,9,16H,8H2,1H3. The van der Waals surface area contributed by atoms with Crippen LogP contribution in [0, 0.1) is 5.82 Å². The van der Waals surface area contributed by atoms with Crippen LogP contribution in [-0.2, 0) is 6.54 Å². The fourth-order valence-corrected chi connectivity index (χ4v) is 2.56. The molecule has 0 fully saturated rings. The van der Waals surface area contributed by atoms with E-state index in [0.717, 1.165) is 5.56 Å². The summed E-state index contributed by atoms with van der Waals surface area (Å²) in [5.74, 6) is -0.215. The number of hydrogen-bond donors (Lipinski definition) is 1. The largest absolute Gasteiger partial charge is 0.305 e. The van der Waals surface area contributed by atoms with Crippen molar-refractivity contribution in [2.75, 3.05) is 0 Å². The highest BCUT2D eigenvalue weighted by Crippen LogP contribution is 2.20. The molecule has 1 aromatic heterocycles. The second-order valence-electron chi connectivity index (χ2n) is 3.87. The molecule has 4 heteroatoms. The van der Waals surface area contributed by atoms with Gasteiger partial charge in [-0.1, -0.05) is 12.1 Å². The number of thiophene rings is 1. The lowest BCUT2D eigenvalue weighted by Crippen LogP contribution is -2.17. The normalized spacial score (nSPS) is 12.6. The van der Waals surface area contributed by atoms with Crippen molar-refractivity contribution in [3.63, 3.8) is 0 Å². The first-order valence-corrected chi connectivity index (χ1v) is 7.05. The summed E-state index contributed by atoms with van der Waals surface area (Å²) in [5.41, 5.74) is 0.953. The van der Waals surface area contributed by atoms with Gasteiger partial charge in [-0.3, -0.25) is 0 Å². The van der Waals surface area contributed by atoms with Crippen molar-refractivity contribution in [2.45, 2.75) is 19.5 Å². The van der Waals surface area contributed by atoms with Crippen LogP contribution in [0.4, 0.5) is 4.39 Å². The lowest BCUT2D eigenvalue weighted by molar-refractivity contribution is 0.575. The van der Waals surface area contributed by atoms with Crippen LogP contribution in [0.2, 0.25) is 0 Å². The van der Waals surface area contributed by atoms with Gasteiger partial charge in [0.2, 0.25) is 0 Å². The zero-order chi connectivity index (χ0) is 12.3. The molecule has 2 rings (SSSR count). The molecular weight excluding hydrogens is 301 g/mol. The van der Waals surface area contributed by atoms with Crippen molar-refractivity contribution in [2.24, 2.45) is 0 Å². The predicted octanol–water partition coefficient (Wildman–Crippen LogP) is 4.50. The number of benzene rings is 1. The Morgan fingerprint density at radius 1 is 1.41 bits per heavy atom. The van der Waals surface area contributed by atoms with E-state index < -0.39 is 0 Å². The van der Waals surface area contributed by atoms with E-state index >= 15 is 0 Å². The molecule has 0 radical (unpaired) electrons. The summed E-state index contributed by atoms with van der Waals surface area (Å²) in [6, 6.07) is 9.64. The molecule has 1 nitrogen and oxygen atoms in total. The van der Waals surface area contributed by atoms with Gasteiger partial charge in [0.1, 0.15) is 5.82 Å². The third-order valence-corrected chi connectivity index (χ3v) is 4.26. The Balaban J connectivity index is 1.96. The summed E-state index contributed by atoms with van der Waals surface area (Å²) < 4.78 is 13.8. The fraction of sp³-hybridized carbons (Fsp3) is 0.231. The molecule has 2 aromatic rings. The Kier molecular flexibility index (Phi) is 4.31. The zero-order valence-electron chi connectivity index (χ0n) is 9.41. The topological polar surface area (TPSA) is 12.0 Å². The van der Waals surface area contributed by atoms with Crippen molar-refractivity contribution < 1.29 is 4.39 Å². The van der Waals surface area contributed by atoms with E-state index in [2.05, 4.69) is 39.6 Å². The lowest BCUT2D eigenvalue weighted by Gasteiger charge is -2.12. The molecule has 1 heterocycles. The molecule has 1 atom stereocenters. The second-order valence-corrected chi connectivity index (χ2v) is 5.70. The lowest BCUT2D eigenvalue weighted by atomic mass is 10.2. The van der Waals surface area contributed by atoms with Crippen LogP contribution in [0.25, 0.3) is 0 Å². The van der Waals surface area contributed by atoms with Crippen molar-refractivity contribution in [1.82, 2.24) is 5.32 Å². The minimum Gasteiger partial charge on any atom is -0.305 e. The molecule has 0 aliphatic heterocycles. The average molecular weight is 314 g/mol.